The zero-order valence-corrected chi connectivity index (χ0v) is 11.5. The molecule has 3 nitrogen and oxygen atoms in total. The quantitative estimate of drug-likeness (QED) is 0.854. The van der Waals surface area contributed by atoms with Gasteiger partial charge in [0.05, 0.1) is 28.6 Å². The second-order valence-corrected chi connectivity index (χ2v) is 4.69. The van der Waals surface area contributed by atoms with Gasteiger partial charge in [0.25, 0.3) is 0 Å². The summed E-state index contributed by atoms with van der Waals surface area (Å²) in [6.07, 6.45) is 0.390. The second-order valence-electron chi connectivity index (χ2n) is 3.84. The molecule has 0 bridgehead atoms. The maximum absolute atomic E-state index is 8.79. The normalized spacial score (nSPS) is 9.42. The molecule has 4 heteroatoms. The fourth-order valence-corrected chi connectivity index (χ4v) is 2.01. The van der Waals surface area contributed by atoms with Crippen LogP contribution in [0, 0.1) is 22.7 Å². The summed E-state index contributed by atoms with van der Waals surface area (Å²) in [5.41, 5.74) is 1.53. The van der Waals surface area contributed by atoms with Crippen molar-refractivity contribution in [1.82, 2.24) is 0 Å². The standard InChI is InChI=1S/C15H9BrN2O/c16-14-9-12(10-18)3-6-15(14)19-13-4-1-11(2-5-13)7-8-17/h1-6,9H,7H2. The van der Waals surface area contributed by atoms with Crippen LogP contribution in [0.5, 0.6) is 11.5 Å². The Hall–Kier alpha value is -2.30. The maximum atomic E-state index is 8.79. The highest BCUT2D eigenvalue weighted by atomic mass is 79.9. The van der Waals surface area contributed by atoms with E-state index >= 15 is 0 Å². The minimum absolute atomic E-state index is 0.390. The minimum atomic E-state index is 0.390. The number of hydrogen-bond donors (Lipinski definition) is 0. The fourth-order valence-electron chi connectivity index (χ4n) is 1.55. The van der Waals surface area contributed by atoms with Crippen LogP contribution in [0.4, 0.5) is 0 Å². The van der Waals surface area contributed by atoms with Crippen molar-refractivity contribution in [3.63, 3.8) is 0 Å². The topological polar surface area (TPSA) is 56.8 Å². The minimum Gasteiger partial charge on any atom is -0.456 e. The SMILES string of the molecule is N#CCc1ccc(Oc2ccc(C#N)cc2Br)cc1. The van der Waals surface area contributed by atoms with Crippen LogP contribution in [0.25, 0.3) is 0 Å². The highest BCUT2D eigenvalue weighted by Crippen LogP contribution is 2.30. The molecule has 0 aliphatic rings. The molecule has 0 fully saturated rings. The van der Waals surface area contributed by atoms with E-state index in [4.69, 9.17) is 15.3 Å². The Kier molecular flexibility index (Phi) is 4.18. The van der Waals surface area contributed by atoms with E-state index in [9.17, 15) is 0 Å². The molecule has 2 rings (SSSR count). The van der Waals surface area contributed by atoms with E-state index in [0.717, 1.165) is 10.0 Å². The molecular formula is C15H9BrN2O. The van der Waals surface area contributed by atoms with Gasteiger partial charge in [-0.1, -0.05) is 12.1 Å². The van der Waals surface area contributed by atoms with Crippen molar-refractivity contribution in [2.45, 2.75) is 6.42 Å². The first-order chi connectivity index (χ1) is 9.22. The van der Waals surface area contributed by atoms with E-state index in [2.05, 4.69) is 28.1 Å². The summed E-state index contributed by atoms with van der Waals surface area (Å²) in [6.45, 7) is 0. The number of benzene rings is 2. The molecule has 0 radical (unpaired) electrons. The van der Waals surface area contributed by atoms with E-state index in [1.807, 2.05) is 24.3 Å². The number of nitriles is 2. The summed E-state index contributed by atoms with van der Waals surface area (Å²) >= 11 is 3.37. The van der Waals surface area contributed by atoms with Gasteiger partial charge in [0, 0.05) is 0 Å². The van der Waals surface area contributed by atoms with Gasteiger partial charge in [-0.05, 0) is 51.8 Å². The average Bonchev–Trinajstić information content (AvgIpc) is 2.43. The highest BCUT2D eigenvalue weighted by molar-refractivity contribution is 9.10. The number of ether oxygens (including phenoxy) is 1. The van der Waals surface area contributed by atoms with Crippen LogP contribution in [-0.2, 0) is 6.42 Å². The van der Waals surface area contributed by atoms with E-state index in [0.29, 0.717) is 23.5 Å². The Morgan fingerprint density at radius 2 is 1.79 bits per heavy atom. The predicted octanol–water partition coefficient (Wildman–Crippen LogP) is 4.18. The summed E-state index contributed by atoms with van der Waals surface area (Å²) in [7, 11) is 0. The van der Waals surface area contributed by atoms with Gasteiger partial charge in [0.15, 0.2) is 0 Å². The first-order valence-electron chi connectivity index (χ1n) is 5.56. The third-order valence-corrected chi connectivity index (χ3v) is 3.12. The van der Waals surface area contributed by atoms with E-state index in [-0.39, 0.29) is 0 Å². The van der Waals surface area contributed by atoms with Crippen LogP contribution < -0.4 is 4.74 Å². The Bertz CT molecular complexity index is 666. The van der Waals surface area contributed by atoms with Crippen molar-refractivity contribution in [1.29, 1.82) is 10.5 Å². The maximum Gasteiger partial charge on any atom is 0.141 e. The molecule has 0 aliphatic carbocycles. The summed E-state index contributed by atoms with van der Waals surface area (Å²) in [5.74, 6) is 1.33. The van der Waals surface area contributed by atoms with E-state index in [1.54, 1.807) is 18.2 Å². The van der Waals surface area contributed by atoms with Crippen molar-refractivity contribution in [3.05, 3.63) is 58.1 Å². The highest BCUT2D eigenvalue weighted by Gasteiger charge is 2.04. The zero-order chi connectivity index (χ0) is 13.7. The van der Waals surface area contributed by atoms with Gasteiger partial charge in [-0.2, -0.15) is 10.5 Å². The van der Waals surface area contributed by atoms with Crippen molar-refractivity contribution in [3.8, 4) is 23.6 Å². The lowest BCUT2D eigenvalue weighted by Gasteiger charge is -2.08. The van der Waals surface area contributed by atoms with Crippen molar-refractivity contribution in [2.24, 2.45) is 0 Å². The van der Waals surface area contributed by atoms with Crippen LogP contribution in [0.2, 0.25) is 0 Å². The van der Waals surface area contributed by atoms with Crippen LogP contribution in [0.1, 0.15) is 11.1 Å². The number of rotatable bonds is 3. The van der Waals surface area contributed by atoms with Crippen LogP contribution in [0.15, 0.2) is 46.9 Å². The van der Waals surface area contributed by atoms with Crippen molar-refractivity contribution < 1.29 is 4.74 Å². The van der Waals surface area contributed by atoms with Gasteiger partial charge in [0.1, 0.15) is 11.5 Å². The monoisotopic (exact) mass is 312 g/mol. The van der Waals surface area contributed by atoms with Gasteiger partial charge in [-0.25, -0.2) is 0 Å². The lowest BCUT2D eigenvalue weighted by atomic mass is 10.2. The third kappa shape index (κ3) is 3.34. The Labute approximate surface area is 119 Å². The molecular weight excluding hydrogens is 304 g/mol. The Morgan fingerprint density at radius 3 is 2.37 bits per heavy atom. The Balaban J connectivity index is 2.17. The molecule has 0 saturated carbocycles. The summed E-state index contributed by atoms with van der Waals surface area (Å²) < 4.78 is 6.43. The lowest BCUT2D eigenvalue weighted by Crippen LogP contribution is -1.87. The largest absolute Gasteiger partial charge is 0.456 e. The molecule has 0 N–H and O–H groups in total. The van der Waals surface area contributed by atoms with Gasteiger partial charge in [-0.15, -0.1) is 0 Å². The van der Waals surface area contributed by atoms with Gasteiger partial charge < -0.3 is 4.74 Å². The first-order valence-corrected chi connectivity index (χ1v) is 6.35. The van der Waals surface area contributed by atoms with Crippen LogP contribution in [0.3, 0.4) is 0 Å². The molecule has 92 valence electrons. The summed E-state index contributed by atoms with van der Waals surface area (Å²) in [5, 5.41) is 17.4. The molecule has 19 heavy (non-hydrogen) atoms. The predicted molar refractivity (Wildman–Crippen MR) is 74.7 cm³/mol. The molecule has 0 unspecified atom stereocenters. The third-order valence-electron chi connectivity index (χ3n) is 2.50. The molecule has 0 amide bonds. The average molecular weight is 313 g/mol. The second kappa shape index (κ2) is 6.04. The number of nitrogens with zero attached hydrogens (tertiary/aromatic N) is 2. The summed E-state index contributed by atoms with van der Waals surface area (Å²) in [6, 6.07) is 16.7. The van der Waals surface area contributed by atoms with Crippen molar-refractivity contribution in [2.75, 3.05) is 0 Å². The van der Waals surface area contributed by atoms with Crippen LogP contribution in [-0.4, -0.2) is 0 Å². The van der Waals surface area contributed by atoms with Gasteiger partial charge in [-0.3, -0.25) is 0 Å². The number of halogens is 1. The fraction of sp³-hybridized carbons (Fsp3) is 0.0667. The molecule has 0 spiro atoms. The van der Waals surface area contributed by atoms with Gasteiger partial charge in [0.2, 0.25) is 0 Å². The number of hydrogen-bond acceptors (Lipinski definition) is 3. The molecule has 0 saturated heterocycles. The first kappa shape index (κ1) is 13.1. The van der Waals surface area contributed by atoms with Crippen molar-refractivity contribution >= 4 is 15.9 Å². The smallest absolute Gasteiger partial charge is 0.141 e. The lowest BCUT2D eigenvalue weighted by molar-refractivity contribution is 0.479. The van der Waals surface area contributed by atoms with E-state index < -0.39 is 0 Å². The summed E-state index contributed by atoms with van der Waals surface area (Å²) in [4.78, 5) is 0. The molecule has 0 aliphatic heterocycles. The molecule has 0 heterocycles. The van der Waals surface area contributed by atoms with Crippen LogP contribution >= 0.6 is 15.9 Å². The molecule has 0 aromatic heterocycles. The molecule has 0 atom stereocenters. The Morgan fingerprint density at radius 1 is 1.05 bits per heavy atom. The van der Waals surface area contributed by atoms with E-state index in [1.165, 1.54) is 0 Å². The molecule has 2 aromatic rings. The van der Waals surface area contributed by atoms with Gasteiger partial charge >= 0.3 is 0 Å². The zero-order valence-electron chi connectivity index (χ0n) is 9.93. The molecule has 2 aromatic carbocycles.